The maximum absolute atomic E-state index is 11.6. The second-order valence-corrected chi connectivity index (χ2v) is 4.03. The lowest BCUT2D eigenvalue weighted by molar-refractivity contribution is -0.117. The highest BCUT2D eigenvalue weighted by Crippen LogP contribution is 2.12. The number of hydrogen-bond acceptors (Lipinski definition) is 3. The van der Waals surface area contributed by atoms with Crippen molar-refractivity contribution in [1.82, 2.24) is 5.32 Å². The van der Waals surface area contributed by atoms with Crippen molar-refractivity contribution in [2.45, 2.75) is 19.9 Å². The summed E-state index contributed by atoms with van der Waals surface area (Å²) in [7, 11) is 0. The van der Waals surface area contributed by atoms with Crippen LogP contribution in [0.5, 0.6) is 0 Å². The van der Waals surface area contributed by atoms with E-state index in [-0.39, 0.29) is 11.9 Å². The Labute approximate surface area is 105 Å². The molecule has 1 amide bonds. The molecule has 0 saturated carbocycles. The normalized spacial score (nSPS) is 12.8. The van der Waals surface area contributed by atoms with Crippen molar-refractivity contribution in [2.24, 2.45) is 0 Å². The molecule has 2 aromatic rings. The number of nitrogens with one attached hydrogen (secondary N) is 1. The Kier molecular flexibility index (Phi) is 3.67. The number of hydrogen-bond donors (Lipinski definition) is 1. The first-order valence-corrected chi connectivity index (χ1v) is 5.73. The van der Waals surface area contributed by atoms with Gasteiger partial charge >= 0.3 is 0 Å². The van der Waals surface area contributed by atoms with E-state index in [1.54, 1.807) is 18.4 Å². The van der Waals surface area contributed by atoms with E-state index in [1.165, 1.54) is 6.08 Å². The molecule has 0 radical (unpaired) electrons. The summed E-state index contributed by atoms with van der Waals surface area (Å²) in [5, 5.41) is 2.80. The fourth-order valence-corrected chi connectivity index (χ4v) is 1.57. The van der Waals surface area contributed by atoms with E-state index in [2.05, 4.69) is 5.32 Å². The summed E-state index contributed by atoms with van der Waals surface area (Å²) in [5.41, 5.74) is 0. The molecular formula is C14H15NO3. The zero-order valence-corrected chi connectivity index (χ0v) is 10.3. The molecule has 18 heavy (non-hydrogen) atoms. The van der Waals surface area contributed by atoms with Gasteiger partial charge in [0.05, 0.1) is 12.3 Å². The van der Waals surface area contributed by atoms with Crippen molar-refractivity contribution in [3.63, 3.8) is 0 Å². The summed E-state index contributed by atoms with van der Waals surface area (Å²) in [6.45, 7) is 3.72. The second kappa shape index (κ2) is 5.40. The van der Waals surface area contributed by atoms with E-state index in [4.69, 9.17) is 8.83 Å². The van der Waals surface area contributed by atoms with Crippen molar-refractivity contribution in [2.75, 3.05) is 0 Å². The monoisotopic (exact) mass is 245 g/mol. The van der Waals surface area contributed by atoms with Gasteiger partial charge in [-0.25, -0.2) is 0 Å². The minimum atomic E-state index is -0.187. The van der Waals surface area contributed by atoms with Gasteiger partial charge in [0.25, 0.3) is 0 Å². The highest BCUT2D eigenvalue weighted by molar-refractivity contribution is 5.91. The van der Waals surface area contributed by atoms with Crippen LogP contribution in [0.2, 0.25) is 0 Å². The van der Waals surface area contributed by atoms with Crippen LogP contribution < -0.4 is 5.32 Å². The third-order valence-electron chi connectivity index (χ3n) is 2.49. The van der Waals surface area contributed by atoms with Gasteiger partial charge in [0, 0.05) is 6.08 Å². The van der Waals surface area contributed by atoms with Crippen molar-refractivity contribution >= 4 is 12.0 Å². The number of amides is 1. The van der Waals surface area contributed by atoms with Gasteiger partial charge in [-0.1, -0.05) is 0 Å². The van der Waals surface area contributed by atoms with Crippen LogP contribution in [-0.4, -0.2) is 5.91 Å². The maximum Gasteiger partial charge on any atom is 0.244 e. The van der Waals surface area contributed by atoms with E-state index in [9.17, 15) is 4.79 Å². The van der Waals surface area contributed by atoms with Gasteiger partial charge in [-0.2, -0.15) is 0 Å². The molecule has 0 spiro atoms. The number of aryl methyl sites for hydroxylation is 1. The average molecular weight is 245 g/mol. The molecule has 0 aliphatic carbocycles. The first-order chi connectivity index (χ1) is 8.65. The van der Waals surface area contributed by atoms with Crippen LogP contribution in [0.1, 0.15) is 30.2 Å². The minimum absolute atomic E-state index is 0.157. The highest BCUT2D eigenvalue weighted by atomic mass is 16.3. The van der Waals surface area contributed by atoms with Gasteiger partial charge in [-0.3, -0.25) is 4.79 Å². The molecule has 0 aliphatic rings. The van der Waals surface area contributed by atoms with Crippen LogP contribution in [0, 0.1) is 6.92 Å². The van der Waals surface area contributed by atoms with Crippen LogP contribution in [-0.2, 0) is 4.79 Å². The lowest BCUT2D eigenvalue weighted by atomic mass is 10.2. The summed E-state index contributed by atoms with van der Waals surface area (Å²) in [4.78, 5) is 11.6. The van der Waals surface area contributed by atoms with Crippen molar-refractivity contribution in [3.05, 3.63) is 53.9 Å². The van der Waals surface area contributed by atoms with Crippen LogP contribution in [0.3, 0.4) is 0 Å². The first-order valence-electron chi connectivity index (χ1n) is 5.73. The Morgan fingerprint density at radius 3 is 2.83 bits per heavy atom. The third-order valence-corrected chi connectivity index (χ3v) is 2.49. The Bertz CT molecular complexity index is 537. The molecule has 2 rings (SSSR count). The SMILES string of the molecule is Cc1ccc(/C=C/C(=O)NC(C)c2ccco2)o1. The lowest BCUT2D eigenvalue weighted by Crippen LogP contribution is -2.24. The van der Waals surface area contributed by atoms with Crippen LogP contribution in [0.25, 0.3) is 6.08 Å². The van der Waals surface area contributed by atoms with Crippen LogP contribution in [0.15, 0.2) is 45.4 Å². The van der Waals surface area contributed by atoms with Gasteiger partial charge in [-0.05, 0) is 44.2 Å². The Morgan fingerprint density at radius 2 is 2.22 bits per heavy atom. The van der Waals surface area contributed by atoms with Gasteiger partial charge in [-0.15, -0.1) is 0 Å². The predicted octanol–water partition coefficient (Wildman–Crippen LogP) is 3.07. The third kappa shape index (κ3) is 3.13. The van der Waals surface area contributed by atoms with Gasteiger partial charge in [0.1, 0.15) is 17.3 Å². The zero-order valence-electron chi connectivity index (χ0n) is 10.3. The number of carbonyl (C=O) groups excluding carboxylic acids is 1. The smallest absolute Gasteiger partial charge is 0.244 e. The molecule has 0 fully saturated rings. The number of furan rings is 2. The summed E-state index contributed by atoms with van der Waals surface area (Å²) >= 11 is 0. The topological polar surface area (TPSA) is 55.4 Å². The first kappa shape index (κ1) is 12.2. The summed E-state index contributed by atoms with van der Waals surface area (Å²) < 4.78 is 10.5. The van der Waals surface area contributed by atoms with Gasteiger partial charge < -0.3 is 14.2 Å². The molecule has 0 aromatic carbocycles. The van der Waals surface area contributed by atoms with E-state index >= 15 is 0 Å². The van der Waals surface area contributed by atoms with Crippen molar-refractivity contribution in [1.29, 1.82) is 0 Å². The van der Waals surface area contributed by atoms with Crippen LogP contribution in [0.4, 0.5) is 0 Å². The largest absolute Gasteiger partial charge is 0.467 e. The molecule has 0 saturated heterocycles. The van der Waals surface area contributed by atoms with E-state index in [1.807, 2.05) is 32.0 Å². The molecule has 1 N–H and O–H groups in total. The van der Waals surface area contributed by atoms with Gasteiger partial charge in [0.2, 0.25) is 5.91 Å². The lowest BCUT2D eigenvalue weighted by Gasteiger charge is -2.08. The molecule has 0 aliphatic heterocycles. The molecule has 1 unspecified atom stereocenters. The summed E-state index contributed by atoms with van der Waals surface area (Å²) in [6.07, 6.45) is 4.66. The van der Waals surface area contributed by atoms with Gasteiger partial charge in [0.15, 0.2) is 0 Å². The van der Waals surface area contributed by atoms with E-state index in [0.29, 0.717) is 5.76 Å². The molecule has 4 nitrogen and oxygen atoms in total. The fourth-order valence-electron chi connectivity index (χ4n) is 1.57. The molecule has 1 atom stereocenters. The number of rotatable bonds is 4. The standard InChI is InChI=1S/C14H15NO3/c1-10-5-6-12(18-10)7-8-14(16)15-11(2)13-4-3-9-17-13/h3-9,11H,1-2H3,(H,15,16)/b8-7+. The Morgan fingerprint density at radius 1 is 1.39 bits per heavy atom. The maximum atomic E-state index is 11.6. The van der Waals surface area contributed by atoms with Crippen molar-refractivity contribution < 1.29 is 13.6 Å². The molecule has 4 heteroatoms. The van der Waals surface area contributed by atoms with E-state index in [0.717, 1.165) is 11.5 Å². The molecule has 0 bridgehead atoms. The Balaban J connectivity index is 1.91. The zero-order chi connectivity index (χ0) is 13.0. The summed E-state index contributed by atoms with van der Waals surface area (Å²) in [6, 6.07) is 7.12. The van der Waals surface area contributed by atoms with E-state index < -0.39 is 0 Å². The van der Waals surface area contributed by atoms with Crippen molar-refractivity contribution in [3.8, 4) is 0 Å². The minimum Gasteiger partial charge on any atom is -0.467 e. The molecule has 2 aromatic heterocycles. The molecule has 94 valence electrons. The quantitative estimate of drug-likeness (QED) is 0.842. The Hall–Kier alpha value is -2.23. The molecular weight excluding hydrogens is 230 g/mol. The fraction of sp³-hybridized carbons (Fsp3) is 0.214. The second-order valence-electron chi connectivity index (χ2n) is 4.03. The number of carbonyl (C=O) groups is 1. The molecule has 2 heterocycles. The predicted molar refractivity (Wildman–Crippen MR) is 67.7 cm³/mol. The highest BCUT2D eigenvalue weighted by Gasteiger charge is 2.09. The van der Waals surface area contributed by atoms with Crippen LogP contribution >= 0.6 is 0 Å². The summed E-state index contributed by atoms with van der Waals surface area (Å²) in [5.74, 6) is 2.02. The average Bonchev–Trinajstić information content (AvgIpc) is 2.97.